The van der Waals surface area contributed by atoms with Crippen LogP contribution in [-0.2, 0) is 0 Å². The van der Waals surface area contributed by atoms with Gasteiger partial charge in [0.1, 0.15) is 0 Å². The van der Waals surface area contributed by atoms with Crippen molar-refractivity contribution in [3.63, 3.8) is 0 Å². The van der Waals surface area contributed by atoms with Crippen LogP contribution in [0.25, 0.3) is 0 Å². The molecule has 2 unspecified atom stereocenters. The Morgan fingerprint density at radius 1 is 1.13 bits per heavy atom. The van der Waals surface area contributed by atoms with Crippen molar-refractivity contribution < 1.29 is 19.7 Å². The molecule has 0 bridgehead atoms. The SMILES string of the molecule is CCSC([CH2][Sn+3])c1ccoc1C(C)N.CC[O-].CC[O-].CC[O-]. The van der Waals surface area contributed by atoms with E-state index in [1.807, 2.05) is 18.7 Å². The molecule has 1 rings (SSSR count). The van der Waals surface area contributed by atoms with Crippen LogP contribution in [0.15, 0.2) is 16.7 Å². The third-order valence-electron chi connectivity index (χ3n) is 2.04. The molecule has 0 radical (unpaired) electrons. The fourth-order valence-corrected chi connectivity index (χ4v) is 3.96. The molecule has 0 aliphatic rings. The molecule has 0 saturated carbocycles. The van der Waals surface area contributed by atoms with Crippen LogP contribution in [0.3, 0.4) is 0 Å². The van der Waals surface area contributed by atoms with Gasteiger partial charge in [0.05, 0.1) is 0 Å². The summed E-state index contributed by atoms with van der Waals surface area (Å²) in [5.41, 5.74) is 7.15. The molecule has 1 aromatic rings. The van der Waals surface area contributed by atoms with Crippen molar-refractivity contribution in [2.24, 2.45) is 5.73 Å². The molecule has 7 heteroatoms. The predicted molar refractivity (Wildman–Crippen MR) is 94.4 cm³/mol. The molecule has 5 nitrogen and oxygen atoms in total. The summed E-state index contributed by atoms with van der Waals surface area (Å²) in [5, 5.41) is 27.4. The molecule has 0 aliphatic heterocycles. The van der Waals surface area contributed by atoms with E-state index < -0.39 is 0 Å². The van der Waals surface area contributed by atoms with E-state index in [0.29, 0.717) is 5.25 Å². The average Bonchev–Trinajstić information content (AvgIpc) is 2.97. The van der Waals surface area contributed by atoms with E-state index in [1.165, 1.54) is 10.0 Å². The largest absolute Gasteiger partial charge is 0.855 e. The van der Waals surface area contributed by atoms with Gasteiger partial charge in [-0.25, -0.2) is 0 Å². The standard InChI is InChI=1S/C10H16NOS.3C2H5O.Sn/c1-4-13-8(3)9-5-6-12-10(9)7(2)11;3*1-2-3;/h5-8H,3-4,11H2,1-2H3;3*2H2,1H3;/q;3*-1;+3. The Morgan fingerprint density at radius 3 is 1.87 bits per heavy atom. The fraction of sp³-hybridized carbons (Fsp3) is 0.750. The van der Waals surface area contributed by atoms with E-state index in [0.717, 1.165) is 11.5 Å². The Bertz CT molecular complexity index is 320. The fourth-order valence-electron chi connectivity index (χ4n) is 1.43. The van der Waals surface area contributed by atoms with Crippen LogP contribution in [0.1, 0.15) is 57.2 Å². The Kier molecular flexibility index (Phi) is 27.2. The first kappa shape index (κ1) is 28.1. The van der Waals surface area contributed by atoms with Crippen LogP contribution in [-0.4, -0.2) is 48.1 Å². The molecule has 2 atom stereocenters. The second-order valence-corrected chi connectivity index (χ2v) is 6.69. The van der Waals surface area contributed by atoms with Crippen LogP contribution in [0.2, 0.25) is 4.44 Å². The zero-order chi connectivity index (χ0) is 18.7. The number of hydrogen-bond donors (Lipinski definition) is 1. The minimum atomic E-state index is 0. The first-order chi connectivity index (χ1) is 10.9. The summed E-state index contributed by atoms with van der Waals surface area (Å²) in [7, 11) is 0. The van der Waals surface area contributed by atoms with Crippen LogP contribution in [0.4, 0.5) is 0 Å². The van der Waals surface area contributed by atoms with Crippen LogP contribution in [0, 0.1) is 0 Å². The van der Waals surface area contributed by atoms with Crippen molar-refractivity contribution in [3.8, 4) is 0 Å². The molecule has 0 fully saturated rings. The molecule has 134 valence electrons. The van der Waals surface area contributed by atoms with E-state index in [4.69, 9.17) is 25.5 Å². The zero-order valence-corrected chi connectivity index (χ0v) is 18.6. The summed E-state index contributed by atoms with van der Waals surface area (Å²) < 4.78 is 6.64. The van der Waals surface area contributed by atoms with Crippen LogP contribution in [0.5, 0.6) is 0 Å². The van der Waals surface area contributed by atoms with E-state index in [2.05, 4.69) is 13.0 Å². The molecule has 0 amide bonds. The van der Waals surface area contributed by atoms with Gasteiger partial charge in [0.15, 0.2) is 0 Å². The van der Waals surface area contributed by atoms with Gasteiger partial charge in [0.25, 0.3) is 0 Å². The monoisotopic (exact) mass is 453 g/mol. The number of thioether (sulfide) groups is 1. The maximum absolute atomic E-state index is 8.93. The second-order valence-electron chi connectivity index (χ2n) is 4.04. The molecule has 23 heavy (non-hydrogen) atoms. The molecule has 0 aliphatic carbocycles. The van der Waals surface area contributed by atoms with Crippen molar-refractivity contribution in [1.29, 1.82) is 0 Å². The molecule has 0 aromatic carbocycles. The summed E-state index contributed by atoms with van der Waals surface area (Å²) in [6.07, 6.45) is 1.75. The molecule has 2 N–H and O–H groups in total. The molecular weight excluding hydrogens is 421 g/mol. The molecule has 0 spiro atoms. The average molecular weight is 452 g/mol. The third kappa shape index (κ3) is 16.9. The van der Waals surface area contributed by atoms with Crippen LogP contribution < -0.4 is 21.1 Å². The van der Waals surface area contributed by atoms with Crippen molar-refractivity contribution >= 4 is 34.3 Å². The Morgan fingerprint density at radius 2 is 1.57 bits per heavy atom. The maximum Gasteiger partial charge on any atom is -0.0809 e. The van der Waals surface area contributed by atoms with Crippen molar-refractivity contribution in [3.05, 3.63) is 23.7 Å². The predicted octanol–water partition coefficient (Wildman–Crippen LogP) is 0.780. The van der Waals surface area contributed by atoms with Gasteiger partial charge in [-0.15, -0.1) is 19.8 Å². The van der Waals surface area contributed by atoms with Crippen molar-refractivity contribution in [2.45, 2.75) is 50.3 Å². The summed E-state index contributed by atoms with van der Waals surface area (Å²) in [5.74, 6) is 2.10. The van der Waals surface area contributed by atoms with E-state index in [9.17, 15) is 0 Å². The normalized spacial score (nSPS) is 11.8. The van der Waals surface area contributed by atoms with Gasteiger partial charge in [-0.3, -0.25) is 0 Å². The van der Waals surface area contributed by atoms with E-state index >= 15 is 0 Å². The van der Waals surface area contributed by atoms with Crippen molar-refractivity contribution in [2.75, 3.05) is 25.6 Å². The smallest absolute Gasteiger partial charge is 0.0809 e. The van der Waals surface area contributed by atoms with Crippen LogP contribution >= 0.6 is 11.8 Å². The summed E-state index contributed by atoms with van der Waals surface area (Å²) in [4.78, 5) is 0. The van der Waals surface area contributed by atoms with Gasteiger partial charge < -0.3 is 15.3 Å². The molecule has 1 heterocycles. The Labute approximate surface area is 159 Å². The maximum atomic E-state index is 8.93. The van der Waals surface area contributed by atoms with Gasteiger partial charge >= 0.3 is 103 Å². The van der Waals surface area contributed by atoms with Gasteiger partial charge in [-0.05, 0) is 0 Å². The van der Waals surface area contributed by atoms with E-state index in [-0.39, 0.29) is 25.9 Å². The summed E-state index contributed by atoms with van der Waals surface area (Å²) in [6, 6.07) is 2.07. The minimum Gasteiger partial charge on any atom is -0.855 e. The number of rotatable bonds is 5. The number of furan rings is 1. The first-order valence-corrected chi connectivity index (χ1v) is 10.8. The number of nitrogens with two attached hydrogens (primary N) is 1. The van der Waals surface area contributed by atoms with Crippen molar-refractivity contribution in [1.82, 2.24) is 0 Å². The topological polar surface area (TPSA) is 108 Å². The van der Waals surface area contributed by atoms with Gasteiger partial charge in [0.2, 0.25) is 0 Å². The molecule has 1 aromatic heterocycles. The number of hydrogen-bond acceptors (Lipinski definition) is 6. The van der Waals surface area contributed by atoms with Gasteiger partial charge in [0, 0.05) is 0 Å². The van der Waals surface area contributed by atoms with Gasteiger partial charge in [-0.1, -0.05) is 20.8 Å². The molecular formula is C16H31NO4SSn. The summed E-state index contributed by atoms with van der Waals surface area (Å²) >= 11 is 3.54. The summed E-state index contributed by atoms with van der Waals surface area (Å²) in [6.45, 7) is 8.87. The first-order valence-electron chi connectivity index (χ1n) is 7.78. The third-order valence-corrected chi connectivity index (χ3v) is 5.21. The minimum absolute atomic E-state index is 0. The zero-order valence-electron chi connectivity index (χ0n) is 15.0. The van der Waals surface area contributed by atoms with E-state index in [1.54, 1.807) is 49.6 Å². The molecule has 0 saturated heterocycles. The second kappa shape index (κ2) is 22.3. The Hall–Kier alpha value is 0.269. The Balaban J connectivity index is -0.000000371. The quantitative estimate of drug-likeness (QED) is 0.662. The van der Waals surface area contributed by atoms with Gasteiger partial charge in [-0.2, -0.15) is 0 Å².